The average molecular weight is 888 g/mol. The summed E-state index contributed by atoms with van der Waals surface area (Å²) in [5.74, 6) is -10.6. The molecular weight excluding hydrogens is 850 g/mol. The molecular formula is C33H38F4I2N2O6. The monoisotopic (exact) mass is 888 g/mol. The third kappa shape index (κ3) is 17.6. The summed E-state index contributed by atoms with van der Waals surface area (Å²) in [6, 6.07) is 17.7. The van der Waals surface area contributed by atoms with E-state index in [1.54, 1.807) is 93.7 Å². The maximum Gasteiger partial charge on any atom is 0.381 e. The number of esters is 2. The highest BCUT2D eigenvalue weighted by Gasteiger charge is 2.38. The highest BCUT2D eigenvalue weighted by Crippen LogP contribution is 2.26. The van der Waals surface area contributed by atoms with Gasteiger partial charge in [-0.1, -0.05) is 36.4 Å². The van der Waals surface area contributed by atoms with Gasteiger partial charge >= 0.3 is 23.8 Å². The Balaban J connectivity index is 0.000000470. The van der Waals surface area contributed by atoms with Gasteiger partial charge in [0.1, 0.15) is 0 Å². The van der Waals surface area contributed by atoms with E-state index in [1.165, 1.54) is 6.92 Å². The van der Waals surface area contributed by atoms with Gasteiger partial charge in [0.2, 0.25) is 0 Å². The molecule has 2 N–H and O–H groups in total. The molecule has 2 aromatic carbocycles. The lowest BCUT2D eigenvalue weighted by Gasteiger charge is -2.11. The van der Waals surface area contributed by atoms with Gasteiger partial charge in [0.05, 0.1) is 13.7 Å². The number of carbonyl (C=O) groups excluding carboxylic acids is 4. The lowest BCUT2D eigenvalue weighted by molar-refractivity contribution is -0.164. The molecule has 0 aliphatic heterocycles. The van der Waals surface area contributed by atoms with Gasteiger partial charge in [-0.15, -0.1) is 0 Å². The molecule has 0 aliphatic carbocycles. The molecule has 2 rings (SSSR count). The predicted molar refractivity (Wildman–Crippen MR) is 188 cm³/mol. The van der Waals surface area contributed by atoms with Gasteiger partial charge in [0.25, 0.3) is 11.8 Å². The van der Waals surface area contributed by atoms with Crippen LogP contribution in [0.5, 0.6) is 0 Å². The van der Waals surface area contributed by atoms with Crippen molar-refractivity contribution >= 4 is 68.9 Å². The lowest BCUT2D eigenvalue weighted by Crippen LogP contribution is -2.28. The minimum Gasteiger partial charge on any atom is -0.464 e. The van der Waals surface area contributed by atoms with Crippen LogP contribution in [0.4, 0.5) is 17.6 Å². The molecule has 14 heteroatoms. The summed E-state index contributed by atoms with van der Waals surface area (Å²) in [4.78, 5) is 45.6. The molecule has 0 radical (unpaired) electrons. The van der Waals surface area contributed by atoms with E-state index in [1.807, 2.05) is 12.1 Å². The van der Waals surface area contributed by atoms with E-state index in [-0.39, 0.29) is 18.4 Å². The first-order chi connectivity index (χ1) is 22.2. The van der Waals surface area contributed by atoms with Crippen molar-refractivity contribution in [2.24, 2.45) is 0 Å². The number of methoxy groups -OCH3 is 1. The fraction of sp³-hybridized carbons (Fsp3) is 0.394. The van der Waals surface area contributed by atoms with Crippen LogP contribution in [0.2, 0.25) is 0 Å². The maximum absolute atomic E-state index is 13.5. The van der Waals surface area contributed by atoms with Crippen LogP contribution in [0, 0.1) is 0 Å². The number of amides is 2. The Hall–Kier alpha value is -3.02. The van der Waals surface area contributed by atoms with Crippen LogP contribution in [-0.4, -0.2) is 62.4 Å². The van der Waals surface area contributed by atoms with Crippen LogP contribution < -0.4 is 10.6 Å². The molecule has 0 spiro atoms. The number of alkyl halides is 4. The molecule has 0 saturated heterocycles. The fourth-order valence-corrected chi connectivity index (χ4v) is 5.19. The number of ether oxygens (including phenoxy) is 2. The number of hydrogen-bond acceptors (Lipinski definition) is 6. The zero-order valence-corrected chi connectivity index (χ0v) is 30.3. The Morgan fingerprint density at radius 3 is 1.43 bits per heavy atom. The number of carbonyl (C=O) groups is 4. The van der Waals surface area contributed by atoms with Crippen molar-refractivity contribution in [3.8, 4) is 0 Å². The van der Waals surface area contributed by atoms with Gasteiger partial charge in [-0.2, -0.15) is 17.6 Å². The van der Waals surface area contributed by atoms with Gasteiger partial charge in [0, 0.05) is 36.4 Å². The second-order valence-electron chi connectivity index (χ2n) is 9.80. The third-order valence-electron chi connectivity index (χ3n) is 6.01. The topological polar surface area (TPSA) is 111 Å². The van der Waals surface area contributed by atoms with Crippen molar-refractivity contribution in [3.05, 3.63) is 91.1 Å². The fourth-order valence-electron chi connectivity index (χ4n) is 3.64. The van der Waals surface area contributed by atoms with Crippen molar-refractivity contribution in [3.63, 3.8) is 0 Å². The number of hydrogen-bond donors (Lipinski definition) is 2. The minimum absolute atomic E-state index is 0.0834. The average Bonchev–Trinajstić information content (AvgIpc) is 3.04. The van der Waals surface area contributed by atoms with Crippen LogP contribution in [-0.2, 0) is 19.1 Å². The number of benzene rings is 2. The first kappa shape index (κ1) is 42.0. The quantitative estimate of drug-likeness (QED) is 0.0726. The van der Waals surface area contributed by atoms with E-state index >= 15 is 0 Å². The molecule has 258 valence electrons. The summed E-state index contributed by atoms with van der Waals surface area (Å²) in [7, 11) is 0.923. The zero-order valence-electron chi connectivity index (χ0n) is 26.0. The Morgan fingerprint density at radius 2 is 1.06 bits per heavy atom. The van der Waals surface area contributed by atoms with E-state index in [0.717, 1.165) is 7.11 Å². The number of allylic oxidation sites excluding steroid dienone is 2. The van der Waals surface area contributed by atoms with Crippen molar-refractivity contribution in [1.82, 2.24) is 10.6 Å². The summed E-state index contributed by atoms with van der Waals surface area (Å²) in [6.07, 6.45) is 4.64. The Labute approximate surface area is 299 Å². The Kier molecular flexibility index (Phi) is 20.1. The lowest BCUT2D eigenvalue weighted by atomic mass is 10.2. The van der Waals surface area contributed by atoms with E-state index in [4.69, 9.17) is 0 Å². The number of unbranched alkanes of at least 4 members (excludes halogenated alkanes) is 2. The first-order valence-corrected chi connectivity index (χ1v) is 16.8. The van der Waals surface area contributed by atoms with Crippen LogP contribution in [0.3, 0.4) is 0 Å². The molecule has 0 aromatic heterocycles. The van der Waals surface area contributed by atoms with Gasteiger partial charge in [0.15, 0.2) is 0 Å². The normalized spacial score (nSPS) is 11.9. The molecule has 0 saturated carbocycles. The summed E-state index contributed by atoms with van der Waals surface area (Å²) in [6.45, 7) is 2.32. The van der Waals surface area contributed by atoms with E-state index < -0.39 is 23.8 Å². The number of rotatable bonds is 17. The maximum atomic E-state index is 13.5. The largest absolute Gasteiger partial charge is 0.464 e. The van der Waals surface area contributed by atoms with Crippen molar-refractivity contribution in [1.29, 1.82) is 0 Å². The summed E-state index contributed by atoms with van der Waals surface area (Å²) in [5, 5.41) is 5.54. The second-order valence-corrected chi connectivity index (χ2v) is 12.6. The van der Waals surface area contributed by atoms with Crippen LogP contribution in [0.25, 0.3) is 0 Å². The van der Waals surface area contributed by atoms with Gasteiger partial charge in [-0.05, 0) is 122 Å². The van der Waals surface area contributed by atoms with Crippen molar-refractivity contribution in [2.45, 2.75) is 57.3 Å². The van der Waals surface area contributed by atoms with Crippen LogP contribution >= 0.6 is 45.2 Å². The van der Waals surface area contributed by atoms with Crippen LogP contribution in [0.1, 0.15) is 66.2 Å². The molecule has 2 amide bonds. The minimum atomic E-state index is -3.60. The Bertz CT molecular complexity index is 1340. The van der Waals surface area contributed by atoms with Gasteiger partial charge in [-0.3, -0.25) is 9.59 Å². The van der Waals surface area contributed by atoms with Gasteiger partial charge in [-0.25, -0.2) is 9.59 Å². The molecule has 0 aliphatic rings. The van der Waals surface area contributed by atoms with Crippen molar-refractivity contribution < 1.29 is 46.2 Å². The van der Waals surface area contributed by atoms with Crippen LogP contribution in [0.15, 0.2) is 80.0 Å². The molecule has 0 unspecified atom stereocenters. The second kappa shape index (κ2) is 22.5. The molecule has 47 heavy (non-hydrogen) atoms. The van der Waals surface area contributed by atoms with Gasteiger partial charge < -0.3 is 20.1 Å². The molecule has 8 nitrogen and oxygen atoms in total. The van der Waals surface area contributed by atoms with E-state index in [9.17, 15) is 36.7 Å². The molecule has 0 fully saturated rings. The summed E-state index contributed by atoms with van der Waals surface area (Å²) in [5.41, 5.74) is 1.17. The molecule has 2 aromatic rings. The summed E-state index contributed by atoms with van der Waals surface area (Å²) >= 11 is 3.57. The highest BCUT2D eigenvalue weighted by molar-refractivity contribution is 14.1. The summed E-state index contributed by atoms with van der Waals surface area (Å²) < 4.78 is 62.8. The number of halogens is 6. The molecule has 0 bridgehead atoms. The van der Waals surface area contributed by atoms with E-state index in [0.29, 0.717) is 82.1 Å². The molecule has 0 atom stereocenters. The zero-order chi connectivity index (χ0) is 35.3. The Morgan fingerprint density at radius 1 is 0.681 bits per heavy atom. The standard InChI is InChI=1S/C17H20F2INO3.C16H18F2INO3/c1-2-24-16(23)17(18,19)12-14(20)10-6-7-11-21-15(22)13-8-4-3-5-9-13;1-23-15(22)16(17,18)11-13(19)9-5-6-10-20-14(21)12-7-3-2-4-8-12/h3-5,8-9,12H,2,6-7,10-11H2,1H3,(H,21,22);2-4,7-8,11H,5-6,9-10H2,1H3,(H,20,21). The first-order valence-electron chi connectivity index (χ1n) is 14.7. The van der Waals surface area contributed by atoms with E-state index in [2.05, 4.69) is 20.1 Å². The smallest absolute Gasteiger partial charge is 0.381 e. The molecule has 0 heterocycles. The predicted octanol–water partition coefficient (Wildman–Crippen LogP) is 7.82. The van der Waals surface area contributed by atoms with Crippen molar-refractivity contribution in [2.75, 3.05) is 26.8 Å². The SMILES string of the molecule is CCOC(=O)C(F)(F)C=C(I)CCCCNC(=O)c1ccccc1.COC(=O)C(F)(F)C=C(I)CCCCNC(=O)c1ccccc1. The number of nitrogens with one attached hydrogen (secondary N) is 2. The highest BCUT2D eigenvalue weighted by atomic mass is 127. The third-order valence-corrected chi connectivity index (χ3v) is 7.71.